The SMILES string of the molecule is COc1ccc(CNC(=O)NC2CC3(C2)CC(C(=O)N2CCC(c4ccccc4)C2)C3)cc1. The molecule has 2 aliphatic carbocycles. The smallest absolute Gasteiger partial charge is 0.315 e. The van der Waals surface area contributed by atoms with E-state index in [2.05, 4.69) is 39.8 Å². The third-order valence-electron chi connectivity index (χ3n) is 7.79. The monoisotopic (exact) mass is 447 g/mol. The molecule has 6 heteroatoms. The molecule has 1 heterocycles. The second-order valence-electron chi connectivity index (χ2n) is 10.1. The van der Waals surface area contributed by atoms with E-state index >= 15 is 0 Å². The molecular formula is C27H33N3O3. The minimum atomic E-state index is -0.123. The number of likely N-dealkylation sites (tertiary alicyclic amines) is 1. The number of rotatable bonds is 6. The predicted molar refractivity (Wildman–Crippen MR) is 127 cm³/mol. The molecule has 174 valence electrons. The van der Waals surface area contributed by atoms with E-state index in [1.165, 1.54) is 5.56 Å². The lowest BCUT2D eigenvalue weighted by Gasteiger charge is -2.57. The highest BCUT2D eigenvalue weighted by atomic mass is 16.5. The van der Waals surface area contributed by atoms with Crippen LogP contribution in [0.4, 0.5) is 4.79 Å². The Bertz CT molecular complexity index is 977. The molecule has 2 aromatic rings. The van der Waals surface area contributed by atoms with Crippen LogP contribution >= 0.6 is 0 Å². The van der Waals surface area contributed by atoms with Crippen molar-refractivity contribution in [3.8, 4) is 5.75 Å². The number of benzene rings is 2. The molecule has 0 radical (unpaired) electrons. The van der Waals surface area contributed by atoms with Crippen LogP contribution in [-0.4, -0.2) is 43.1 Å². The minimum absolute atomic E-state index is 0.123. The first-order valence-corrected chi connectivity index (χ1v) is 12.0. The lowest BCUT2D eigenvalue weighted by atomic mass is 9.50. The molecule has 1 saturated heterocycles. The standard InChI is InChI=1S/C27H33N3O3/c1-33-24-9-7-19(8-10-24)17-28-26(32)29-23-15-27(16-23)13-22(14-27)25(31)30-12-11-21(18-30)20-5-3-2-4-6-20/h2-10,21-23H,11-18H2,1H3,(H2,28,29,32). The van der Waals surface area contributed by atoms with Crippen LogP contribution in [0.2, 0.25) is 0 Å². The van der Waals surface area contributed by atoms with Gasteiger partial charge in [-0.1, -0.05) is 42.5 Å². The van der Waals surface area contributed by atoms with Crippen molar-refractivity contribution in [1.82, 2.24) is 15.5 Å². The first-order valence-electron chi connectivity index (χ1n) is 12.0. The van der Waals surface area contributed by atoms with Crippen LogP contribution in [-0.2, 0) is 11.3 Å². The van der Waals surface area contributed by atoms with Gasteiger partial charge in [0.1, 0.15) is 5.75 Å². The maximum Gasteiger partial charge on any atom is 0.315 e. The summed E-state index contributed by atoms with van der Waals surface area (Å²) < 4.78 is 5.16. The Balaban J connectivity index is 1.01. The third-order valence-corrected chi connectivity index (χ3v) is 7.79. The molecule has 5 rings (SSSR count). The summed E-state index contributed by atoms with van der Waals surface area (Å²) in [6.45, 7) is 2.22. The Morgan fingerprint density at radius 2 is 1.76 bits per heavy atom. The summed E-state index contributed by atoms with van der Waals surface area (Å²) >= 11 is 0. The number of carbonyl (C=O) groups excluding carboxylic acids is 2. The molecule has 2 saturated carbocycles. The van der Waals surface area contributed by atoms with Crippen molar-refractivity contribution in [3.63, 3.8) is 0 Å². The molecule has 1 spiro atoms. The number of amides is 3. The van der Waals surface area contributed by atoms with Gasteiger partial charge >= 0.3 is 6.03 Å². The molecule has 1 unspecified atom stereocenters. The van der Waals surface area contributed by atoms with E-state index in [4.69, 9.17) is 4.74 Å². The van der Waals surface area contributed by atoms with Gasteiger partial charge in [-0.15, -0.1) is 0 Å². The summed E-state index contributed by atoms with van der Waals surface area (Å²) in [5.74, 6) is 1.79. The van der Waals surface area contributed by atoms with Crippen LogP contribution in [0.5, 0.6) is 5.75 Å². The molecule has 2 aromatic carbocycles. The van der Waals surface area contributed by atoms with Crippen molar-refractivity contribution in [2.24, 2.45) is 11.3 Å². The van der Waals surface area contributed by atoms with Gasteiger partial charge in [-0.3, -0.25) is 4.79 Å². The zero-order valence-corrected chi connectivity index (χ0v) is 19.3. The molecule has 2 N–H and O–H groups in total. The van der Waals surface area contributed by atoms with Crippen LogP contribution in [0.3, 0.4) is 0 Å². The first-order chi connectivity index (χ1) is 16.0. The van der Waals surface area contributed by atoms with Gasteiger partial charge < -0.3 is 20.3 Å². The van der Waals surface area contributed by atoms with Gasteiger partial charge in [-0.2, -0.15) is 0 Å². The molecule has 3 amide bonds. The zero-order chi connectivity index (χ0) is 22.8. The Morgan fingerprint density at radius 1 is 1.03 bits per heavy atom. The van der Waals surface area contributed by atoms with Crippen molar-refractivity contribution < 1.29 is 14.3 Å². The normalized spacial score (nSPS) is 28.0. The fourth-order valence-electron chi connectivity index (χ4n) is 5.96. The highest BCUT2D eigenvalue weighted by Gasteiger charge is 2.55. The van der Waals surface area contributed by atoms with Gasteiger partial charge in [0.05, 0.1) is 7.11 Å². The molecule has 0 aromatic heterocycles. The van der Waals surface area contributed by atoms with Gasteiger partial charge in [-0.25, -0.2) is 4.79 Å². The number of methoxy groups -OCH3 is 1. The lowest BCUT2D eigenvalue weighted by Crippen LogP contribution is -2.59. The largest absolute Gasteiger partial charge is 0.497 e. The zero-order valence-electron chi connectivity index (χ0n) is 19.3. The number of nitrogens with one attached hydrogen (secondary N) is 2. The molecule has 3 fully saturated rings. The number of urea groups is 1. The summed E-state index contributed by atoms with van der Waals surface area (Å²) in [6, 6.07) is 18.3. The average molecular weight is 448 g/mol. The highest BCUT2D eigenvalue weighted by Crippen LogP contribution is 2.59. The third kappa shape index (κ3) is 4.70. The van der Waals surface area contributed by atoms with Crippen molar-refractivity contribution in [3.05, 3.63) is 65.7 Å². The lowest BCUT2D eigenvalue weighted by molar-refractivity contribution is -0.148. The Labute approximate surface area is 195 Å². The van der Waals surface area contributed by atoms with Crippen LogP contribution in [0, 0.1) is 11.3 Å². The first kappa shape index (κ1) is 21.8. The topological polar surface area (TPSA) is 70.7 Å². The van der Waals surface area contributed by atoms with E-state index in [9.17, 15) is 9.59 Å². The van der Waals surface area contributed by atoms with E-state index in [1.807, 2.05) is 30.3 Å². The molecular weight excluding hydrogens is 414 g/mol. The fraction of sp³-hybridized carbons (Fsp3) is 0.481. The van der Waals surface area contributed by atoms with E-state index in [1.54, 1.807) is 7.11 Å². The quantitative estimate of drug-likeness (QED) is 0.701. The van der Waals surface area contributed by atoms with Crippen LogP contribution < -0.4 is 15.4 Å². The summed E-state index contributed by atoms with van der Waals surface area (Å²) in [5, 5.41) is 6.01. The number of carbonyl (C=O) groups is 2. The summed E-state index contributed by atoms with van der Waals surface area (Å²) in [6.07, 6.45) is 4.98. The second-order valence-corrected chi connectivity index (χ2v) is 10.1. The van der Waals surface area contributed by atoms with Crippen LogP contribution in [0.1, 0.15) is 49.1 Å². The molecule has 0 bridgehead atoms. The Hall–Kier alpha value is -3.02. The molecule has 6 nitrogen and oxygen atoms in total. The molecule has 1 atom stereocenters. The Morgan fingerprint density at radius 3 is 2.45 bits per heavy atom. The number of hydrogen-bond donors (Lipinski definition) is 2. The van der Waals surface area contributed by atoms with Crippen molar-refractivity contribution in [2.75, 3.05) is 20.2 Å². The van der Waals surface area contributed by atoms with Gasteiger partial charge in [0.25, 0.3) is 0 Å². The van der Waals surface area contributed by atoms with E-state index in [0.29, 0.717) is 18.4 Å². The van der Waals surface area contributed by atoms with E-state index in [-0.39, 0.29) is 23.4 Å². The van der Waals surface area contributed by atoms with Crippen molar-refractivity contribution in [2.45, 2.75) is 50.6 Å². The summed E-state index contributed by atoms with van der Waals surface area (Å²) in [7, 11) is 1.64. The summed E-state index contributed by atoms with van der Waals surface area (Å²) in [4.78, 5) is 27.3. The van der Waals surface area contributed by atoms with Crippen LogP contribution in [0.15, 0.2) is 54.6 Å². The average Bonchev–Trinajstić information content (AvgIpc) is 3.29. The molecule has 1 aliphatic heterocycles. The van der Waals surface area contributed by atoms with Crippen LogP contribution in [0.25, 0.3) is 0 Å². The van der Waals surface area contributed by atoms with E-state index in [0.717, 1.165) is 56.5 Å². The predicted octanol–water partition coefficient (Wildman–Crippen LogP) is 4.07. The van der Waals surface area contributed by atoms with Gasteiger partial charge in [0.2, 0.25) is 5.91 Å². The van der Waals surface area contributed by atoms with Crippen molar-refractivity contribution >= 4 is 11.9 Å². The molecule has 3 aliphatic rings. The van der Waals surface area contributed by atoms with Gasteiger partial charge in [-0.05, 0) is 60.8 Å². The maximum absolute atomic E-state index is 13.0. The summed E-state index contributed by atoms with van der Waals surface area (Å²) in [5.41, 5.74) is 2.65. The number of ether oxygens (including phenoxy) is 1. The number of nitrogens with zero attached hydrogens (tertiary/aromatic N) is 1. The van der Waals surface area contributed by atoms with Gasteiger partial charge in [0.15, 0.2) is 0 Å². The Kier molecular flexibility index (Phi) is 6.00. The van der Waals surface area contributed by atoms with Crippen molar-refractivity contribution in [1.29, 1.82) is 0 Å². The molecule has 33 heavy (non-hydrogen) atoms. The minimum Gasteiger partial charge on any atom is -0.497 e. The second kappa shape index (κ2) is 9.08. The maximum atomic E-state index is 13.0. The fourth-order valence-corrected chi connectivity index (χ4v) is 5.96. The highest BCUT2D eigenvalue weighted by molar-refractivity contribution is 5.80. The van der Waals surface area contributed by atoms with E-state index < -0.39 is 0 Å². The van der Waals surface area contributed by atoms with Gasteiger partial charge in [0, 0.05) is 37.5 Å². The number of hydrogen-bond acceptors (Lipinski definition) is 3.